The van der Waals surface area contributed by atoms with Gasteiger partial charge in [-0.2, -0.15) is 43.9 Å². The molecule has 0 heterocycles. The highest BCUT2D eigenvalue weighted by atomic mass is 19.4. The largest absolute Gasteiger partial charge is 0.459 e. The Hall–Kier alpha value is -0.700. The van der Waals surface area contributed by atoms with Gasteiger partial charge in [0.2, 0.25) is 0 Å². The minimum absolute atomic E-state index is 1.51. The van der Waals surface area contributed by atoms with Gasteiger partial charge in [-0.05, 0) is 6.42 Å². The predicted molar refractivity (Wildman–Crippen MR) is 35.9 cm³/mol. The van der Waals surface area contributed by atoms with Crippen LogP contribution in [-0.2, 0) is 0 Å². The molecule has 0 aliphatic heterocycles. The summed E-state index contributed by atoms with van der Waals surface area (Å²) in [7, 11) is 0. The molecular weight excluding hydrogens is 274 g/mol. The molecule has 10 heteroatoms. The Balaban J connectivity index is 4.58. The van der Waals surface area contributed by atoms with Gasteiger partial charge in [0.05, 0.1) is 0 Å². The fraction of sp³-hybridized carbons (Fsp3) is 1.00. The van der Waals surface area contributed by atoms with Crippen molar-refractivity contribution < 1.29 is 43.9 Å². The van der Waals surface area contributed by atoms with Crippen LogP contribution >= 0.6 is 0 Å². The van der Waals surface area contributed by atoms with Crippen LogP contribution in [0.4, 0.5) is 43.9 Å². The van der Waals surface area contributed by atoms with Crippen molar-refractivity contribution in [1.29, 1.82) is 0 Å². The highest BCUT2D eigenvalue weighted by Crippen LogP contribution is 2.48. The maximum absolute atomic E-state index is 12.4. The topological polar surface area (TPSA) is 0 Å². The quantitative estimate of drug-likeness (QED) is 0.662. The molecule has 104 valence electrons. The van der Waals surface area contributed by atoms with Crippen molar-refractivity contribution in [3.63, 3.8) is 0 Å². The molecule has 0 aromatic rings. The molecule has 0 spiro atoms. The van der Waals surface area contributed by atoms with Crippen molar-refractivity contribution in [2.24, 2.45) is 0 Å². The van der Waals surface area contributed by atoms with E-state index in [4.69, 9.17) is 0 Å². The first-order chi connectivity index (χ1) is 7.21. The maximum atomic E-state index is 12.4. The molecule has 0 aliphatic carbocycles. The third-order valence-corrected chi connectivity index (χ3v) is 1.77. The second-order valence-corrected chi connectivity index (χ2v) is 3.25. The molecule has 0 aromatic carbocycles. The monoisotopic (exact) mass is 280 g/mol. The fourth-order valence-corrected chi connectivity index (χ4v) is 0.875. The molecule has 0 aromatic heterocycles. The van der Waals surface area contributed by atoms with Crippen molar-refractivity contribution >= 4 is 0 Å². The molecule has 0 rings (SSSR count). The average Bonchev–Trinajstić information content (AvgIpc) is 1.98. The Morgan fingerprint density at radius 3 is 1.29 bits per heavy atom. The molecule has 0 bridgehead atoms. The average molecular weight is 280 g/mol. The van der Waals surface area contributed by atoms with Crippen LogP contribution in [0.25, 0.3) is 0 Å². The van der Waals surface area contributed by atoms with Gasteiger partial charge in [-0.1, -0.05) is 0 Å². The molecule has 0 saturated heterocycles. The second-order valence-electron chi connectivity index (χ2n) is 3.25. The Bertz CT molecular complexity index is 246. The molecule has 0 nitrogen and oxygen atoms in total. The molecule has 17 heavy (non-hydrogen) atoms. The normalized spacial score (nSPS) is 15.2. The molecule has 0 N–H and O–H groups in total. The van der Waals surface area contributed by atoms with Gasteiger partial charge in [-0.25, -0.2) is 0 Å². The summed E-state index contributed by atoms with van der Waals surface area (Å²) in [5.41, 5.74) is 0. The van der Waals surface area contributed by atoms with E-state index in [0.717, 1.165) is 0 Å². The molecule has 0 aliphatic rings. The van der Waals surface area contributed by atoms with E-state index < -0.39 is 43.5 Å². The van der Waals surface area contributed by atoms with E-state index in [1.54, 1.807) is 0 Å². The zero-order chi connectivity index (χ0) is 14.1. The number of hydrogen-bond acceptors (Lipinski definition) is 0. The minimum atomic E-state index is -6.51. The molecule has 0 amide bonds. The summed E-state index contributed by atoms with van der Waals surface area (Å²) in [6.07, 6.45) is -16.9. The lowest BCUT2D eigenvalue weighted by atomic mass is 10.0. The van der Waals surface area contributed by atoms with E-state index in [9.17, 15) is 43.9 Å². The minimum Gasteiger partial charge on any atom is -0.200 e. The van der Waals surface area contributed by atoms with Crippen LogP contribution in [-0.4, -0.2) is 24.2 Å². The summed E-state index contributed by atoms with van der Waals surface area (Å²) in [5.74, 6) is -11.9. The van der Waals surface area contributed by atoms with E-state index in [1.165, 1.54) is 0 Å². The number of hydrogen-bond donors (Lipinski definition) is 0. The van der Waals surface area contributed by atoms with E-state index in [-0.39, 0.29) is 0 Å². The van der Waals surface area contributed by atoms with Crippen molar-refractivity contribution in [2.75, 3.05) is 0 Å². The zero-order valence-corrected chi connectivity index (χ0v) is 7.90. The molecule has 0 atom stereocenters. The lowest BCUT2D eigenvalue weighted by Crippen LogP contribution is -2.51. The second kappa shape index (κ2) is 4.52. The van der Waals surface area contributed by atoms with Crippen LogP contribution in [0, 0.1) is 0 Å². The van der Waals surface area contributed by atoms with Crippen molar-refractivity contribution in [3.05, 3.63) is 0 Å². The van der Waals surface area contributed by atoms with Crippen LogP contribution in [0.3, 0.4) is 0 Å². The van der Waals surface area contributed by atoms with Crippen LogP contribution in [0.1, 0.15) is 19.3 Å². The maximum Gasteiger partial charge on any atom is 0.459 e. The summed E-state index contributed by atoms with van der Waals surface area (Å²) in [4.78, 5) is 0. The fourth-order valence-electron chi connectivity index (χ4n) is 0.875. The zero-order valence-electron chi connectivity index (χ0n) is 7.90. The predicted octanol–water partition coefficient (Wildman–Crippen LogP) is 4.55. The SMILES string of the molecule is FC(F)(F)CCCC(F)(F)C(F)(F)C(F)(F)F. The van der Waals surface area contributed by atoms with Gasteiger partial charge in [0, 0.05) is 12.8 Å². The Labute approximate surface area is 88.6 Å². The molecule has 0 radical (unpaired) electrons. The van der Waals surface area contributed by atoms with Gasteiger partial charge in [0.25, 0.3) is 0 Å². The molecule has 0 saturated carbocycles. The van der Waals surface area contributed by atoms with Gasteiger partial charge in [0.15, 0.2) is 0 Å². The third-order valence-electron chi connectivity index (χ3n) is 1.77. The van der Waals surface area contributed by atoms with Crippen molar-refractivity contribution in [3.8, 4) is 0 Å². The Morgan fingerprint density at radius 1 is 0.588 bits per heavy atom. The first kappa shape index (κ1) is 16.3. The van der Waals surface area contributed by atoms with E-state index in [1.807, 2.05) is 0 Å². The first-order valence-electron chi connectivity index (χ1n) is 4.10. The summed E-state index contributed by atoms with van der Waals surface area (Å²) >= 11 is 0. The summed E-state index contributed by atoms with van der Waals surface area (Å²) in [5, 5.41) is 0. The van der Waals surface area contributed by atoms with Gasteiger partial charge in [0.1, 0.15) is 0 Å². The lowest BCUT2D eigenvalue weighted by Gasteiger charge is -2.28. The number of alkyl halides is 10. The number of halogens is 10. The van der Waals surface area contributed by atoms with Crippen LogP contribution in [0.2, 0.25) is 0 Å². The standard InChI is InChI=1S/C7H6F10/c8-4(9,2-1-3-5(10,11)12)6(13,14)7(15,16)17/h1-3H2. The van der Waals surface area contributed by atoms with Crippen molar-refractivity contribution in [1.82, 2.24) is 0 Å². The highest BCUT2D eigenvalue weighted by molar-refractivity contribution is 4.90. The number of rotatable bonds is 4. The van der Waals surface area contributed by atoms with Gasteiger partial charge < -0.3 is 0 Å². The van der Waals surface area contributed by atoms with Gasteiger partial charge >= 0.3 is 24.2 Å². The van der Waals surface area contributed by atoms with Gasteiger partial charge in [-0.15, -0.1) is 0 Å². The van der Waals surface area contributed by atoms with Crippen LogP contribution < -0.4 is 0 Å². The van der Waals surface area contributed by atoms with Crippen LogP contribution in [0.15, 0.2) is 0 Å². The molecular formula is C7H6F10. The first-order valence-corrected chi connectivity index (χ1v) is 4.10. The molecule has 0 unspecified atom stereocenters. The molecule has 0 fully saturated rings. The van der Waals surface area contributed by atoms with E-state index in [2.05, 4.69) is 0 Å². The van der Waals surface area contributed by atoms with Crippen LogP contribution in [0.5, 0.6) is 0 Å². The van der Waals surface area contributed by atoms with E-state index in [0.29, 0.717) is 0 Å². The van der Waals surface area contributed by atoms with Gasteiger partial charge in [-0.3, -0.25) is 0 Å². The third kappa shape index (κ3) is 4.23. The Kier molecular flexibility index (Phi) is 4.34. The summed E-state index contributed by atoms with van der Waals surface area (Å²) in [6.45, 7) is 0. The van der Waals surface area contributed by atoms with Crippen molar-refractivity contribution in [2.45, 2.75) is 43.5 Å². The summed E-state index contributed by atoms with van der Waals surface area (Å²) in [6, 6.07) is 0. The van der Waals surface area contributed by atoms with E-state index >= 15 is 0 Å². The summed E-state index contributed by atoms with van der Waals surface area (Å²) < 4.78 is 118. The lowest BCUT2D eigenvalue weighted by molar-refractivity contribution is -0.356. The highest BCUT2D eigenvalue weighted by Gasteiger charge is 2.72. The Morgan fingerprint density at radius 2 is 1.00 bits per heavy atom. The smallest absolute Gasteiger partial charge is 0.200 e.